The number of fused-ring (bicyclic) bond motifs is 2. The topological polar surface area (TPSA) is 32.8 Å². The van der Waals surface area contributed by atoms with Crippen LogP contribution in [-0.4, -0.2) is 41.8 Å². The van der Waals surface area contributed by atoms with Crippen LogP contribution in [0.2, 0.25) is 0 Å². The third-order valence-electron chi connectivity index (χ3n) is 4.37. The van der Waals surface area contributed by atoms with Gasteiger partial charge >= 0.3 is 12.3 Å². The van der Waals surface area contributed by atoms with Crippen LogP contribution in [0.3, 0.4) is 0 Å². The summed E-state index contributed by atoms with van der Waals surface area (Å²) in [6.07, 6.45) is -3.94. The summed E-state index contributed by atoms with van der Waals surface area (Å²) < 4.78 is 44.0. The number of alkyl halides is 3. The van der Waals surface area contributed by atoms with Crippen LogP contribution in [0.15, 0.2) is 24.3 Å². The summed E-state index contributed by atoms with van der Waals surface area (Å²) in [6, 6.07) is 5.39. The number of carbonyl (C=O) groups excluding carboxylic acids is 1. The minimum absolute atomic E-state index is 0.0145. The van der Waals surface area contributed by atoms with Gasteiger partial charge < -0.3 is 14.5 Å². The average Bonchev–Trinajstić information content (AvgIpc) is 3.04. The highest BCUT2D eigenvalue weighted by Crippen LogP contribution is 2.38. The molecule has 2 bridgehead atoms. The molecule has 2 aliphatic heterocycles. The third-order valence-corrected chi connectivity index (χ3v) is 4.37. The Morgan fingerprint density at radius 2 is 1.88 bits per heavy atom. The maximum absolute atomic E-state index is 12.9. The predicted molar refractivity (Wildman–Crippen MR) is 83.9 cm³/mol. The number of piperazine rings is 1. The molecule has 1 amide bonds. The fourth-order valence-electron chi connectivity index (χ4n) is 3.39. The van der Waals surface area contributed by atoms with Crippen LogP contribution in [0.5, 0.6) is 0 Å². The summed E-state index contributed by atoms with van der Waals surface area (Å²) in [6.45, 7) is 6.46. The fraction of sp³-hybridized carbons (Fsp3) is 0.588. The van der Waals surface area contributed by atoms with E-state index in [0.717, 1.165) is 12.5 Å². The number of hydrogen-bond acceptors (Lipinski definition) is 3. The summed E-state index contributed by atoms with van der Waals surface area (Å²) in [4.78, 5) is 15.9. The third kappa shape index (κ3) is 3.30. The van der Waals surface area contributed by atoms with Crippen molar-refractivity contribution >= 4 is 11.8 Å². The van der Waals surface area contributed by atoms with Crippen molar-refractivity contribution in [3.05, 3.63) is 29.8 Å². The molecule has 2 aliphatic rings. The number of amides is 1. The first-order chi connectivity index (χ1) is 11.0. The highest BCUT2D eigenvalue weighted by molar-refractivity contribution is 5.70. The van der Waals surface area contributed by atoms with Crippen molar-refractivity contribution in [2.45, 2.75) is 51.1 Å². The first kappa shape index (κ1) is 16.9. The minimum atomic E-state index is -4.35. The SMILES string of the molecule is CC(C)(C)OC(=O)N1CC2CC1CN2c1cccc(C(F)(F)F)c1. The van der Waals surface area contributed by atoms with E-state index >= 15 is 0 Å². The first-order valence-corrected chi connectivity index (χ1v) is 7.98. The zero-order valence-electron chi connectivity index (χ0n) is 13.9. The second-order valence-electron chi connectivity index (χ2n) is 7.38. The number of benzene rings is 1. The number of carbonyl (C=O) groups is 1. The lowest BCUT2D eigenvalue weighted by molar-refractivity contribution is -0.137. The molecule has 0 spiro atoms. The molecule has 7 heteroatoms. The van der Waals surface area contributed by atoms with Crippen LogP contribution in [0.25, 0.3) is 0 Å². The first-order valence-electron chi connectivity index (χ1n) is 7.98. The van der Waals surface area contributed by atoms with E-state index < -0.39 is 17.3 Å². The van der Waals surface area contributed by atoms with Crippen LogP contribution in [0.4, 0.5) is 23.7 Å². The zero-order chi connectivity index (χ0) is 17.7. The van der Waals surface area contributed by atoms with Gasteiger partial charge in [-0.05, 0) is 45.4 Å². The molecule has 2 heterocycles. The second kappa shape index (κ2) is 5.57. The zero-order valence-corrected chi connectivity index (χ0v) is 13.9. The van der Waals surface area contributed by atoms with Gasteiger partial charge in [0.15, 0.2) is 0 Å². The molecule has 1 aromatic carbocycles. The minimum Gasteiger partial charge on any atom is -0.444 e. The Morgan fingerprint density at radius 3 is 2.42 bits per heavy atom. The van der Waals surface area contributed by atoms with Gasteiger partial charge in [0, 0.05) is 24.8 Å². The lowest BCUT2D eigenvalue weighted by Crippen LogP contribution is -2.50. The van der Waals surface area contributed by atoms with E-state index in [1.165, 1.54) is 12.1 Å². The Balaban J connectivity index is 1.71. The Hall–Kier alpha value is -1.92. The van der Waals surface area contributed by atoms with Crippen LogP contribution < -0.4 is 4.90 Å². The summed E-state index contributed by atoms with van der Waals surface area (Å²) >= 11 is 0. The molecule has 2 atom stereocenters. The summed E-state index contributed by atoms with van der Waals surface area (Å²) in [5.41, 5.74) is -0.646. The normalized spacial score (nSPS) is 23.8. The number of ether oxygens (including phenoxy) is 1. The van der Waals surface area contributed by atoms with Crippen molar-refractivity contribution in [2.75, 3.05) is 18.0 Å². The van der Waals surface area contributed by atoms with E-state index in [2.05, 4.69) is 0 Å². The Bertz CT molecular complexity index is 639. The quantitative estimate of drug-likeness (QED) is 0.776. The molecule has 2 fully saturated rings. The second-order valence-corrected chi connectivity index (χ2v) is 7.38. The molecule has 0 N–H and O–H groups in total. The van der Waals surface area contributed by atoms with Gasteiger partial charge in [-0.2, -0.15) is 13.2 Å². The summed E-state index contributed by atoms with van der Waals surface area (Å²) in [5.74, 6) is 0. The fourth-order valence-corrected chi connectivity index (χ4v) is 3.39. The van der Waals surface area contributed by atoms with Gasteiger partial charge in [0.1, 0.15) is 5.60 Å². The maximum Gasteiger partial charge on any atom is 0.416 e. The molecular formula is C17H21F3N2O2. The molecule has 2 unspecified atom stereocenters. The monoisotopic (exact) mass is 342 g/mol. The van der Waals surface area contributed by atoms with Crippen LogP contribution in [0.1, 0.15) is 32.8 Å². The van der Waals surface area contributed by atoms with Gasteiger partial charge in [0.25, 0.3) is 0 Å². The van der Waals surface area contributed by atoms with E-state index in [1.807, 2.05) is 25.7 Å². The van der Waals surface area contributed by atoms with Gasteiger partial charge in [-0.1, -0.05) is 6.07 Å². The lowest BCUT2D eigenvalue weighted by atomic mass is 10.1. The molecule has 132 valence electrons. The summed E-state index contributed by atoms with van der Waals surface area (Å²) in [5, 5.41) is 0. The molecule has 24 heavy (non-hydrogen) atoms. The van der Waals surface area contributed by atoms with E-state index in [1.54, 1.807) is 11.0 Å². The number of nitrogens with zero attached hydrogens (tertiary/aromatic N) is 2. The van der Waals surface area contributed by atoms with Gasteiger partial charge in [-0.3, -0.25) is 0 Å². The molecule has 1 aromatic rings. The van der Waals surface area contributed by atoms with Gasteiger partial charge in [0.2, 0.25) is 0 Å². The molecule has 2 saturated heterocycles. The van der Waals surface area contributed by atoms with Crippen LogP contribution in [-0.2, 0) is 10.9 Å². The highest BCUT2D eigenvalue weighted by atomic mass is 19.4. The Kier molecular flexibility index (Phi) is 3.92. The van der Waals surface area contributed by atoms with Crippen molar-refractivity contribution < 1.29 is 22.7 Å². The van der Waals surface area contributed by atoms with Gasteiger partial charge in [-0.15, -0.1) is 0 Å². The van der Waals surface area contributed by atoms with Crippen LogP contribution >= 0.6 is 0 Å². The van der Waals surface area contributed by atoms with E-state index in [0.29, 0.717) is 18.8 Å². The van der Waals surface area contributed by atoms with Crippen molar-refractivity contribution in [3.63, 3.8) is 0 Å². The molecule has 0 aliphatic carbocycles. The molecule has 4 nitrogen and oxygen atoms in total. The Labute approximate surface area is 139 Å². The number of rotatable bonds is 1. The number of hydrogen-bond donors (Lipinski definition) is 0. The van der Waals surface area contributed by atoms with Gasteiger partial charge in [0.05, 0.1) is 11.6 Å². The van der Waals surface area contributed by atoms with Crippen molar-refractivity contribution in [1.82, 2.24) is 4.90 Å². The molecule has 3 rings (SSSR count). The standard InChI is InChI=1S/C17H21F3N2O2/c1-16(2,3)24-15(23)22-10-13-8-14(22)9-21(13)12-6-4-5-11(7-12)17(18,19)20/h4-7,13-14H,8-10H2,1-3H3. The van der Waals surface area contributed by atoms with Gasteiger partial charge in [-0.25, -0.2) is 4.79 Å². The predicted octanol–water partition coefficient (Wildman–Crippen LogP) is 3.90. The lowest BCUT2D eigenvalue weighted by Gasteiger charge is -2.36. The highest BCUT2D eigenvalue weighted by Gasteiger charge is 2.46. The smallest absolute Gasteiger partial charge is 0.416 e. The number of likely N-dealkylation sites (tertiary alicyclic amines) is 1. The maximum atomic E-state index is 12.9. The molecular weight excluding hydrogens is 321 g/mol. The van der Waals surface area contributed by atoms with Crippen molar-refractivity contribution in [1.29, 1.82) is 0 Å². The van der Waals surface area contributed by atoms with E-state index in [9.17, 15) is 18.0 Å². The molecule has 0 saturated carbocycles. The summed E-state index contributed by atoms with van der Waals surface area (Å²) in [7, 11) is 0. The average molecular weight is 342 g/mol. The molecule has 0 radical (unpaired) electrons. The Morgan fingerprint density at radius 1 is 1.17 bits per heavy atom. The largest absolute Gasteiger partial charge is 0.444 e. The van der Waals surface area contributed by atoms with E-state index in [4.69, 9.17) is 4.74 Å². The van der Waals surface area contributed by atoms with Crippen LogP contribution in [0, 0.1) is 0 Å². The van der Waals surface area contributed by atoms with Crippen molar-refractivity contribution in [3.8, 4) is 0 Å². The van der Waals surface area contributed by atoms with E-state index in [-0.39, 0.29) is 18.2 Å². The molecule has 0 aromatic heterocycles. The number of halogens is 3. The number of anilines is 1. The van der Waals surface area contributed by atoms with Crippen molar-refractivity contribution in [2.24, 2.45) is 0 Å².